The van der Waals surface area contributed by atoms with Crippen LogP contribution in [0.1, 0.15) is 11.8 Å². The second-order valence-electron chi connectivity index (χ2n) is 4.66. The van der Waals surface area contributed by atoms with Crippen molar-refractivity contribution in [2.24, 2.45) is 0 Å². The molecule has 4 nitrogen and oxygen atoms in total. The molecule has 2 aromatic rings. The number of thiophene rings is 1. The Hall–Kier alpha value is -0.660. The second-order valence-corrected chi connectivity index (χ2v) is 8.34. The summed E-state index contributed by atoms with van der Waals surface area (Å²) in [4.78, 5) is 11.0. The largest absolute Gasteiger partial charge is 0.368 e. The lowest BCUT2D eigenvalue weighted by molar-refractivity contribution is 0.995. The molecule has 0 aliphatic carbocycles. The zero-order chi connectivity index (χ0) is 13.9. The quantitative estimate of drug-likeness (QED) is 0.900. The Balaban J connectivity index is 1.80. The van der Waals surface area contributed by atoms with Crippen molar-refractivity contribution in [3.05, 3.63) is 10.9 Å². The van der Waals surface area contributed by atoms with E-state index in [1.807, 2.05) is 23.5 Å². The summed E-state index contributed by atoms with van der Waals surface area (Å²) in [5.74, 6) is 4.98. The van der Waals surface area contributed by atoms with E-state index in [9.17, 15) is 0 Å². The van der Waals surface area contributed by atoms with Crippen LogP contribution in [0.15, 0.2) is 6.07 Å². The molecule has 20 heavy (non-hydrogen) atoms. The van der Waals surface area contributed by atoms with Gasteiger partial charge in [-0.15, -0.1) is 11.3 Å². The van der Waals surface area contributed by atoms with E-state index >= 15 is 0 Å². The summed E-state index contributed by atoms with van der Waals surface area (Å²) >= 11 is 5.79. The maximum Gasteiger partial charge on any atom is 0.223 e. The first-order chi connectivity index (χ1) is 9.76. The molecule has 0 amide bonds. The van der Waals surface area contributed by atoms with Crippen molar-refractivity contribution in [1.82, 2.24) is 9.97 Å². The van der Waals surface area contributed by atoms with Crippen LogP contribution in [0.25, 0.3) is 10.2 Å². The van der Waals surface area contributed by atoms with Crippen molar-refractivity contribution < 1.29 is 0 Å². The average molecular weight is 327 g/mol. The molecule has 1 atom stereocenters. The average Bonchev–Trinajstić information content (AvgIpc) is 2.88. The van der Waals surface area contributed by atoms with E-state index in [1.54, 1.807) is 11.3 Å². The van der Waals surface area contributed by atoms with Gasteiger partial charge in [0.25, 0.3) is 0 Å². The van der Waals surface area contributed by atoms with E-state index in [0.29, 0.717) is 11.2 Å². The molecule has 0 radical (unpaired) electrons. The summed E-state index contributed by atoms with van der Waals surface area (Å²) < 4.78 is 0. The summed E-state index contributed by atoms with van der Waals surface area (Å²) in [6.45, 7) is 3.10. The fourth-order valence-electron chi connectivity index (χ4n) is 2.16. The van der Waals surface area contributed by atoms with Crippen LogP contribution in [0.2, 0.25) is 0 Å². The first-order valence-electron chi connectivity index (χ1n) is 6.75. The van der Waals surface area contributed by atoms with Crippen LogP contribution in [0, 0.1) is 0 Å². The number of hydrogen-bond acceptors (Lipinski definition) is 7. The number of nitrogen functional groups attached to an aromatic ring is 1. The van der Waals surface area contributed by atoms with Crippen LogP contribution in [-0.2, 0) is 6.42 Å². The Morgan fingerprint density at radius 3 is 3.05 bits per heavy atom. The number of aromatic nitrogens is 2. The molecule has 0 aromatic carbocycles. The topological polar surface area (TPSA) is 63.8 Å². The summed E-state index contributed by atoms with van der Waals surface area (Å²) in [7, 11) is 0. The van der Waals surface area contributed by atoms with Crippen molar-refractivity contribution in [3.8, 4) is 0 Å². The maximum absolute atomic E-state index is 5.82. The van der Waals surface area contributed by atoms with Crippen LogP contribution >= 0.6 is 34.9 Å². The van der Waals surface area contributed by atoms with Gasteiger partial charge in [-0.2, -0.15) is 28.5 Å². The van der Waals surface area contributed by atoms with Crippen molar-refractivity contribution in [3.63, 3.8) is 0 Å². The zero-order valence-electron chi connectivity index (χ0n) is 11.4. The summed E-state index contributed by atoms with van der Waals surface area (Å²) in [5, 5.41) is 5.24. The predicted molar refractivity (Wildman–Crippen MR) is 93.3 cm³/mol. The van der Waals surface area contributed by atoms with Gasteiger partial charge in [0.1, 0.15) is 10.6 Å². The van der Waals surface area contributed by atoms with Gasteiger partial charge < -0.3 is 11.1 Å². The summed E-state index contributed by atoms with van der Waals surface area (Å²) in [5.41, 5.74) is 5.82. The first kappa shape index (κ1) is 14.3. The highest BCUT2D eigenvalue weighted by Gasteiger charge is 2.16. The Labute approximate surface area is 131 Å². The normalized spacial score (nSPS) is 19.4. The smallest absolute Gasteiger partial charge is 0.223 e. The van der Waals surface area contributed by atoms with Gasteiger partial charge in [0.15, 0.2) is 0 Å². The first-order valence-corrected chi connectivity index (χ1v) is 9.77. The van der Waals surface area contributed by atoms with Crippen LogP contribution in [0.3, 0.4) is 0 Å². The van der Waals surface area contributed by atoms with E-state index in [0.717, 1.165) is 29.0 Å². The lowest BCUT2D eigenvalue weighted by atomic mass is 10.3. The lowest BCUT2D eigenvalue weighted by Crippen LogP contribution is -2.23. The van der Waals surface area contributed by atoms with Crippen LogP contribution < -0.4 is 11.1 Å². The fraction of sp³-hybridized carbons (Fsp3) is 0.538. The summed E-state index contributed by atoms with van der Waals surface area (Å²) in [6, 6.07) is 2.19. The van der Waals surface area contributed by atoms with E-state index in [1.165, 1.54) is 22.1 Å². The number of nitrogens with two attached hydrogens (primary N) is 1. The van der Waals surface area contributed by atoms with Crippen molar-refractivity contribution >= 4 is 56.8 Å². The Kier molecular flexibility index (Phi) is 4.58. The molecule has 0 bridgehead atoms. The third-order valence-electron chi connectivity index (χ3n) is 3.19. The molecular weight excluding hydrogens is 308 g/mol. The molecule has 0 saturated carbocycles. The molecule has 1 fully saturated rings. The van der Waals surface area contributed by atoms with E-state index in [-0.39, 0.29) is 0 Å². The minimum absolute atomic E-state index is 0.357. The van der Waals surface area contributed by atoms with Gasteiger partial charge in [-0.25, -0.2) is 4.98 Å². The number of fused-ring (bicyclic) bond motifs is 1. The minimum atomic E-state index is 0.357. The van der Waals surface area contributed by atoms with Gasteiger partial charge in [-0.1, -0.05) is 6.92 Å². The van der Waals surface area contributed by atoms with Gasteiger partial charge in [-0.3, -0.25) is 0 Å². The van der Waals surface area contributed by atoms with Crippen LogP contribution in [0.5, 0.6) is 0 Å². The second kappa shape index (κ2) is 6.41. The van der Waals surface area contributed by atoms with Crippen LogP contribution in [-0.4, -0.2) is 39.0 Å². The number of aryl methyl sites for hydroxylation is 1. The Morgan fingerprint density at radius 1 is 1.40 bits per heavy atom. The molecule has 3 heterocycles. The molecule has 3 rings (SSSR count). The maximum atomic E-state index is 5.82. The molecule has 0 spiro atoms. The number of rotatable bonds is 4. The van der Waals surface area contributed by atoms with Gasteiger partial charge in [0, 0.05) is 33.9 Å². The highest BCUT2D eigenvalue weighted by Crippen LogP contribution is 2.30. The Morgan fingerprint density at radius 2 is 2.30 bits per heavy atom. The third kappa shape index (κ3) is 3.15. The van der Waals surface area contributed by atoms with E-state index < -0.39 is 0 Å². The fourth-order valence-corrected chi connectivity index (χ4v) is 5.75. The molecule has 1 aliphatic rings. The van der Waals surface area contributed by atoms with Gasteiger partial charge in [0.05, 0.1) is 5.39 Å². The number of anilines is 2. The van der Waals surface area contributed by atoms with Crippen molar-refractivity contribution in [2.75, 3.05) is 34.9 Å². The molecule has 7 heteroatoms. The highest BCUT2D eigenvalue weighted by molar-refractivity contribution is 8.06. The zero-order valence-corrected chi connectivity index (χ0v) is 13.8. The molecule has 3 N–H and O–H groups in total. The molecule has 1 aliphatic heterocycles. The number of nitrogens with one attached hydrogen (secondary N) is 1. The number of thioether (sulfide) groups is 2. The standard InChI is InChI=1S/C13H18N4S3/c1-2-8-5-10-11(16-13(14)17-12(10)20-8)15-6-9-7-18-3-4-19-9/h5,9H,2-4,6-7H2,1H3,(H3,14,15,16,17). The molecular formula is C13H18N4S3. The third-order valence-corrected chi connectivity index (χ3v) is 7.21. The lowest BCUT2D eigenvalue weighted by Gasteiger charge is -2.21. The Bertz CT molecular complexity index is 593. The monoisotopic (exact) mass is 326 g/mol. The van der Waals surface area contributed by atoms with E-state index in [2.05, 4.69) is 28.3 Å². The highest BCUT2D eigenvalue weighted by atomic mass is 32.2. The van der Waals surface area contributed by atoms with Crippen molar-refractivity contribution in [2.45, 2.75) is 18.6 Å². The number of nitrogens with zero attached hydrogens (tertiary/aromatic N) is 2. The van der Waals surface area contributed by atoms with Crippen LogP contribution in [0.4, 0.5) is 11.8 Å². The molecule has 2 aromatic heterocycles. The molecule has 1 saturated heterocycles. The van der Waals surface area contributed by atoms with Gasteiger partial charge in [0.2, 0.25) is 5.95 Å². The SMILES string of the molecule is CCc1cc2c(NCC3CSCCS3)nc(N)nc2s1. The predicted octanol–water partition coefficient (Wildman–Crippen LogP) is 3.10. The minimum Gasteiger partial charge on any atom is -0.368 e. The number of hydrogen-bond donors (Lipinski definition) is 2. The van der Waals surface area contributed by atoms with Gasteiger partial charge in [-0.05, 0) is 12.5 Å². The van der Waals surface area contributed by atoms with E-state index in [4.69, 9.17) is 5.73 Å². The van der Waals surface area contributed by atoms with Crippen molar-refractivity contribution in [1.29, 1.82) is 0 Å². The molecule has 1 unspecified atom stereocenters. The van der Waals surface area contributed by atoms with Gasteiger partial charge >= 0.3 is 0 Å². The molecule has 108 valence electrons. The summed E-state index contributed by atoms with van der Waals surface area (Å²) in [6.07, 6.45) is 1.02.